The minimum Gasteiger partial charge on any atom is -0.460 e. The Balaban J connectivity index is 1.37. The number of H-pyrrole nitrogens is 1. The molecule has 10 nitrogen and oxygen atoms in total. The lowest BCUT2D eigenvalue weighted by molar-refractivity contribution is -0.147. The molecule has 0 fully saturated rings. The zero-order valence-corrected chi connectivity index (χ0v) is 18.3. The number of ether oxygens (including phenoxy) is 2. The number of nitrogens with one attached hydrogen (secondary N) is 2. The van der Waals surface area contributed by atoms with Gasteiger partial charge in [0.25, 0.3) is 11.5 Å². The summed E-state index contributed by atoms with van der Waals surface area (Å²) in [6.45, 7) is 1.22. The lowest BCUT2D eigenvalue weighted by Gasteiger charge is -2.07. The zero-order chi connectivity index (χ0) is 24.1. The van der Waals surface area contributed by atoms with Gasteiger partial charge in [-0.05, 0) is 31.2 Å². The third kappa shape index (κ3) is 4.96. The Bertz CT molecular complexity index is 1440. The van der Waals surface area contributed by atoms with Crippen molar-refractivity contribution in [2.45, 2.75) is 19.8 Å². The molecular weight excluding hydrogens is 442 g/mol. The molecule has 0 atom stereocenters. The molecule has 0 unspecified atom stereocenters. The van der Waals surface area contributed by atoms with Crippen LogP contribution in [0.15, 0.2) is 57.7 Å². The summed E-state index contributed by atoms with van der Waals surface area (Å²) in [5, 5.41) is 3.53. The van der Waals surface area contributed by atoms with Crippen LogP contribution in [0.4, 0.5) is 5.69 Å². The summed E-state index contributed by atoms with van der Waals surface area (Å²) in [7, 11) is 0. The molecule has 2 N–H and O–H groups in total. The lowest BCUT2D eigenvalue weighted by Crippen LogP contribution is -2.22. The average molecular weight is 463 g/mol. The fraction of sp³-hybridized carbons (Fsp3) is 0.208. The van der Waals surface area contributed by atoms with Crippen LogP contribution in [0.25, 0.3) is 21.9 Å². The van der Waals surface area contributed by atoms with Gasteiger partial charge in [0.05, 0.1) is 23.9 Å². The van der Waals surface area contributed by atoms with E-state index in [2.05, 4.69) is 15.3 Å². The minimum absolute atomic E-state index is 0.0860. The maximum Gasteiger partial charge on any atom is 0.376 e. The van der Waals surface area contributed by atoms with Crippen LogP contribution >= 0.6 is 0 Å². The Labute approximate surface area is 192 Å². The number of carbonyl (C=O) groups is 3. The summed E-state index contributed by atoms with van der Waals surface area (Å²) in [6.07, 6.45) is 0.0528. The van der Waals surface area contributed by atoms with Gasteiger partial charge in [0.1, 0.15) is 17.1 Å². The zero-order valence-electron chi connectivity index (χ0n) is 18.3. The van der Waals surface area contributed by atoms with E-state index in [0.29, 0.717) is 27.7 Å². The SMILES string of the molecule is CCOC(=O)c1oc2ccccc2c1NC(=O)COC(=O)CCc1nc2ccccc2c(=O)[nH]1. The second-order valence-electron chi connectivity index (χ2n) is 7.26. The van der Waals surface area contributed by atoms with Crippen LogP contribution in [0, 0.1) is 0 Å². The summed E-state index contributed by atoms with van der Waals surface area (Å²) in [5.41, 5.74) is 0.777. The largest absolute Gasteiger partial charge is 0.460 e. The first-order valence-corrected chi connectivity index (χ1v) is 10.6. The molecule has 0 aliphatic rings. The normalized spacial score (nSPS) is 10.9. The number of aromatic nitrogens is 2. The number of amides is 1. The minimum atomic E-state index is -0.720. The maximum atomic E-state index is 12.4. The van der Waals surface area contributed by atoms with E-state index in [1.165, 1.54) is 0 Å². The molecule has 0 saturated heterocycles. The van der Waals surface area contributed by atoms with Crippen molar-refractivity contribution in [1.29, 1.82) is 0 Å². The van der Waals surface area contributed by atoms with Crippen molar-refractivity contribution in [1.82, 2.24) is 9.97 Å². The van der Waals surface area contributed by atoms with Gasteiger partial charge < -0.3 is 24.2 Å². The molecule has 2 aromatic heterocycles. The fourth-order valence-electron chi connectivity index (χ4n) is 3.38. The van der Waals surface area contributed by atoms with Crippen molar-refractivity contribution in [2.24, 2.45) is 0 Å². The van der Waals surface area contributed by atoms with E-state index in [1.54, 1.807) is 55.5 Å². The van der Waals surface area contributed by atoms with Crippen LogP contribution in [0.5, 0.6) is 0 Å². The molecule has 34 heavy (non-hydrogen) atoms. The number of anilines is 1. The molecule has 4 aromatic rings. The van der Waals surface area contributed by atoms with E-state index in [1.807, 2.05) is 0 Å². The number of benzene rings is 2. The molecule has 1 amide bonds. The second-order valence-corrected chi connectivity index (χ2v) is 7.26. The van der Waals surface area contributed by atoms with Crippen LogP contribution in [0.1, 0.15) is 29.7 Å². The molecule has 0 aliphatic carbocycles. The number of hydrogen-bond donors (Lipinski definition) is 2. The quantitative estimate of drug-likeness (QED) is 0.380. The summed E-state index contributed by atoms with van der Waals surface area (Å²) in [5.74, 6) is -1.82. The summed E-state index contributed by atoms with van der Waals surface area (Å²) < 4.78 is 15.6. The number of aryl methyl sites for hydroxylation is 1. The number of carbonyl (C=O) groups excluding carboxylic acids is 3. The van der Waals surface area contributed by atoms with Crippen LogP contribution in [-0.2, 0) is 25.5 Å². The molecule has 0 bridgehead atoms. The van der Waals surface area contributed by atoms with E-state index in [0.717, 1.165) is 0 Å². The standard InChI is InChI=1S/C24H21N3O7/c1-2-32-24(31)22-21(15-8-4-6-10-17(15)34-22)27-19(28)13-33-20(29)12-11-18-25-16-9-5-3-7-14(16)23(30)26-18/h3-10H,2,11-13H2,1H3,(H,27,28)(H,25,26,30). The number of aromatic amines is 1. The number of hydrogen-bond acceptors (Lipinski definition) is 8. The van der Waals surface area contributed by atoms with Crippen LogP contribution < -0.4 is 10.9 Å². The smallest absolute Gasteiger partial charge is 0.376 e. The van der Waals surface area contributed by atoms with E-state index in [-0.39, 0.29) is 36.5 Å². The second kappa shape index (κ2) is 9.99. The average Bonchev–Trinajstić information content (AvgIpc) is 3.20. The predicted octanol–water partition coefficient (Wildman–Crippen LogP) is 2.96. The highest BCUT2D eigenvalue weighted by Crippen LogP contribution is 2.31. The van der Waals surface area contributed by atoms with Gasteiger partial charge >= 0.3 is 11.9 Å². The predicted molar refractivity (Wildman–Crippen MR) is 122 cm³/mol. The van der Waals surface area contributed by atoms with E-state index >= 15 is 0 Å². The van der Waals surface area contributed by atoms with E-state index in [4.69, 9.17) is 13.9 Å². The van der Waals surface area contributed by atoms with Crippen molar-refractivity contribution >= 4 is 45.4 Å². The summed E-state index contributed by atoms with van der Waals surface area (Å²) in [6, 6.07) is 13.7. The molecule has 2 aromatic carbocycles. The number of para-hydroxylation sites is 2. The van der Waals surface area contributed by atoms with Crippen LogP contribution in [0.2, 0.25) is 0 Å². The van der Waals surface area contributed by atoms with E-state index < -0.39 is 24.5 Å². The maximum absolute atomic E-state index is 12.4. The molecule has 2 heterocycles. The van der Waals surface area contributed by atoms with Crippen molar-refractivity contribution < 1.29 is 28.3 Å². The highest BCUT2D eigenvalue weighted by Gasteiger charge is 2.23. The number of esters is 2. The van der Waals surface area contributed by atoms with Gasteiger partial charge in [-0.2, -0.15) is 0 Å². The van der Waals surface area contributed by atoms with Gasteiger partial charge in [0.2, 0.25) is 5.76 Å². The first kappa shape index (κ1) is 22.7. The number of nitrogens with zero attached hydrogens (tertiary/aromatic N) is 1. The first-order valence-electron chi connectivity index (χ1n) is 10.6. The first-order chi connectivity index (χ1) is 16.5. The molecule has 10 heteroatoms. The Morgan fingerprint density at radius 3 is 2.56 bits per heavy atom. The Morgan fingerprint density at radius 2 is 1.76 bits per heavy atom. The van der Waals surface area contributed by atoms with Gasteiger partial charge in [-0.25, -0.2) is 9.78 Å². The van der Waals surface area contributed by atoms with E-state index in [9.17, 15) is 19.2 Å². The van der Waals surface area contributed by atoms with Gasteiger partial charge in [0, 0.05) is 11.8 Å². The van der Waals surface area contributed by atoms with Gasteiger partial charge in [-0.1, -0.05) is 24.3 Å². The van der Waals surface area contributed by atoms with Crippen molar-refractivity contribution in [3.8, 4) is 0 Å². The highest BCUT2D eigenvalue weighted by molar-refractivity contribution is 6.09. The van der Waals surface area contributed by atoms with Crippen molar-refractivity contribution in [2.75, 3.05) is 18.5 Å². The fourth-order valence-corrected chi connectivity index (χ4v) is 3.38. The molecule has 174 valence electrons. The molecule has 0 aliphatic heterocycles. The lowest BCUT2D eigenvalue weighted by atomic mass is 10.2. The van der Waals surface area contributed by atoms with Gasteiger partial charge in [-0.3, -0.25) is 14.4 Å². The number of rotatable bonds is 8. The third-order valence-electron chi connectivity index (χ3n) is 4.91. The van der Waals surface area contributed by atoms with Gasteiger partial charge in [0.15, 0.2) is 6.61 Å². The van der Waals surface area contributed by atoms with Gasteiger partial charge in [-0.15, -0.1) is 0 Å². The van der Waals surface area contributed by atoms with Crippen molar-refractivity contribution in [3.63, 3.8) is 0 Å². The number of furan rings is 1. The topological polar surface area (TPSA) is 141 Å². The molecule has 0 spiro atoms. The molecule has 4 rings (SSSR count). The summed E-state index contributed by atoms with van der Waals surface area (Å²) >= 11 is 0. The van der Waals surface area contributed by atoms with Crippen LogP contribution in [0.3, 0.4) is 0 Å². The number of fused-ring (bicyclic) bond motifs is 2. The monoisotopic (exact) mass is 463 g/mol. The summed E-state index contributed by atoms with van der Waals surface area (Å²) in [4.78, 5) is 55.8. The highest BCUT2D eigenvalue weighted by atomic mass is 16.5. The molecule has 0 saturated carbocycles. The van der Waals surface area contributed by atoms with Crippen LogP contribution in [-0.4, -0.2) is 41.0 Å². The Morgan fingerprint density at radius 1 is 1.03 bits per heavy atom. The Hall–Kier alpha value is -4.47. The Kier molecular flexibility index (Phi) is 6.67. The molecule has 0 radical (unpaired) electrons. The van der Waals surface area contributed by atoms with Crippen molar-refractivity contribution in [3.05, 3.63) is 70.5 Å². The molecular formula is C24H21N3O7. The third-order valence-corrected chi connectivity index (χ3v) is 4.91.